The van der Waals surface area contributed by atoms with Crippen molar-refractivity contribution < 1.29 is 13.2 Å². The first-order chi connectivity index (χ1) is 16.9. The first-order valence-electron chi connectivity index (χ1n) is 11.5. The predicted octanol–water partition coefficient (Wildman–Crippen LogP) is 3.87. The molecule has 0 bridgehead atoms. The van der Waals surface area contributed by atoms with Gasteiger partial charge in [0, 0.05) is 44.5 Å². The van der Waals surface area contributed by atoms with Crippen LogP contribution in [0, 0.1) is 6.92 Å². The number of ketones is 1. The van der Waals surface area contributed by atoms with Gasteiger partial charge in [0.25, 0.3) is 0 Å². The van der Waals surface area contributed by atoms with Crippen LogP contribution in [-0.2, 0) is 16.4 Å². The Labute approximate surface area is 205 Å². The van der Waals surface area contributed by atoms with Gasteiger partial charge in [-0.05, 0) is 47.5 Å². The Morgan fingerprint density at radius 2 is 1.57 bits per heavy atom. The number of aryl methyl sites for hydroxylation is 1. The van der Waals surface area contributed by atoms with Crippen molar-refractivity contribution in [1.82, 2.24) is 14.3 Å². The number of rotatable bonds is 6. The average Bonchev–Trinajstić information content (AvgIpc) is 2.89. The van der Waals surface area contributed by atoms with Crippen LogP contribution in [0.5, 0.6) is 0 Å². The quantitative estimate of drug-likeness (QED) is 0.385. The van der Waals surface area contributed by atoms with Crippen LogP contribution < -0.4 is 4.90 Å². The number of hydrogen-bond donors (Lipinski definition) is 0. The molecule has 0 N–H and O–H groups in total. The minimum Gasteiger partial charge on any atom is -0.369 e. The van der Waals surface area contributed by atoms with Crippen molar-refractivity contribution in [2.75, 3.05) is 31.1 Å². The summed E-state index contributed by atoms with van der Waals surface area (Å²) in [6.07, 6.45) is 3.36. The SMILES string of the molecule is Cc1cnc(C(=O)Cc2ccc(N3CCN(S(=O)(=O)c4ccc5ccccc5c4)CC3)cc2)cn1. The summed E-state index contributed by atoms with van der Waals surface area (Å²) in [5.41, 5.74) is 3.05. The molecule has 0 unspecified atom stereocenters. The van der Waals surface area contributed by atoms with E-state index in [4.69, 9.17) is 0 Å². The van der Waals surface area contributed by atoms with Gasteiger partial charge in [-0.2, -0.15) is 4.31 Å². The summed E-state index contributed by atoms with van der Waals surface area (Å²) in [6, 6.07) is 20.9. The highest BCUT2D eigenvalue weighted by Gasteiger charge is 2.28. The zero-order chi connectivity index (χ0) is 24.4. The summed E-state index contributed by atoms with van der Waals surface area (Å²) in [4.78, 5) is 23.2. The molecule has 0 saturated carbocycles. The maximum Gasteiger partial charge on any atom is 0.243 e. The molecule has 0 aliphatic carbocycles. The Kier molecular flexibility index (Phi) is 6.32. The maximum atomic E-state index is 13.2. The molecule has 1 fully saturated rings. The van der Waals surface area contributed by atoms with Crippen molar-refractivity contribution in [1.29, 1.82) is 0 Å². The van der Waals surface area contributed by atoms with Crippen molar-refractivity contribution >= 4 is 32.3 Å². The van der Waals surface area contributed by atoms with Crippen LogP contribution in [0.25, 0.3) is 10.8 Å². The van der Waals surface area contributed by atoms with Crippen LogP contribution in [0.4, 0.5) is 5.69 Å². The Hall–Kier alpha value is -3.62. The first kappa shape index (κ1) is 23.1. The summed E-state index contributed by atoms with van der Waals surface area (Å²) in [6.45, 7) is 3.87. The molecule has 2 heterocycles. The summed E-state index contributed by atoms with van der Waals surface area (Å²) < 4.78 is 28.0. The Bertz CT molecular complexity index is 1460. The van der Waals surface area contributed by atoms with Crippen LogP contribution in [0.1, 0.15) is 21.7 Å². The Morgan fingerprint density at radius 3 is 2.26 bits per heavy atom. The normalized spacial score (nSPS) is 14.8. The molecule has 7 nitrogen and oxygen atoms in total. The molecule has 0 atom stereocenters. The van der Waals surface area contributed by atoms with E-state index >= 15 is 0 Å². The zero-order valence-corrected chi connectivity index (χ0v) is 20.3. The van der Waals surface area contributed by atoms with E-state index in [1.54, 1.807) is 22.6 Å². The molecule has 5 rings (SSSR count). The van der Waals surface area contributed by atoms with Gasteiger partial charge in [0.15, 0.2) is 5.78 Å². The second kappa shape index (κ2) is 9.56. The minimum atomic E-state index is -3.55. The minimum absolute atomic E-state index is 0.0715. The highest BCUT2D eigenvalue weighted by Crippen LogP contribution is 2.24. The summed E-state index contributed by atoms with van der Waals surface area (Å²) >= 11 is 0. The number of piperazine rings is 1. The Balaban J connectivity index is 1.22. The number of nitrogens with zero attached hydrogens (tertiary/aromatic N) is 4. The molecule has 1 aromatic heterocycles. The zero-order valence-electron chi connectivity index (χ0n) is 19.5. The molecule has 1 aliphatic rings. The molecule has 3 aromatic carbocycles. The number of hydrogen-bond acceptors (Lipinski definition) is 6. The van der Waals surface area contributed by atoms with Crippen molar-refractivity contribution in [3.8, 4) is 0 Å². The molecule has 0 amide bonds. The van der Waals surface area contributed by atoms with Gasteiger partial charge in [0.1, 0.15) is 5.69 Å². The van der Waals surface area contributed by atoms with E-state index in [1.165, 1.54) is 6.20 Å². The number of benzene rings is 3. The van der Waals surface area contributed by atoms with E-state index in [9.17, 15) is 13.2 Å². The fourth-order valence-electron chi connectivity index (χ4n) is 4.30. The highest BCUT2D eigenvalue weighted by molar-refractivity contribution is 7.89. The largest absolute Gasteiger partial charge is 0.369 e. The maximum absolute atomic E-state index is 13.2. The van der Waals surface area contributed by atoms with Gasteiger partial charge in [-0.25, -0.2) is 13.4 Å². The van der Waals surface area contributed by atoms with Crippen LogP contribution in [-0.4, -0.2) is 54.7 Å². The lowest BCUT2D eigenvalue weighted by atomic mass is 10.1. The number of carbonyl (C=O) groups excluding carboxylic acids is 1. The van der Waals surface area contributed by atoms with Crippen LogP contribution >= 0.6 is 0 Å². The standard InChI is InChI=1S/C27H26N4O3S/c1-20-18-29-26(19-28-20)27(32)16-21-6-9-24(10-7-21)30-12-14-31(15-13-30)35(33,34)25-11-8-22-4-2-3-5-23(22)17-25/h2-11,17-19H,12-16H2,1H3. The molecule has 0 spiro atoms. The van der Waals surface area contributed by atoms with Gasteiger partial charge in [-0.3, -0.25) is 9.78 Å². The average molecular weight is 487 g/mol. The molecule has 178 valence electrons. The third-order valence-corrected chi connectivity index (χ3v) is 8.22. The number of aromatic nitrogens is 2. The summed E-state index contributed by atoms with van der Waals surface area (Å²) in [5.74, 6) is -0.0715. The fraction of sp³-hybridized carbons (Fsp3) is 0.222. The topological polar surface area (TPSA) is 83.5 Å². The van der Waals surface area contributed by atoms with E-state index in [1.807, 2.05) is 61.5 Å². The van der Waals surface area contributed by atoms with Gasteiger partial charge >= 0.3 is 0 Å². The fourth-order valence-corrected chi connectivity index (χ4v) is 5.76. The van der Waals surface area contributed by atoms with Gasteiger partial charge < -0.3 is 4.90 Å². The molecule has 35 heavy (non-hydrogen) atoms. The van der Waals surface area contributed by atoms with E-state index in [-0.39, 0.29) is 12.2 Å². The monoisotopic (exact) mass is 486 g/mol. The van der Waals surface area contributed by atoms with Crippen molar-refractivity contribution in [2.45, 2.75) is 18.2 Å². The molecular formula is C27H26N4O3S. The van der Waals surface area contributed by atoms with Gasteiger partial charge in [-0.15, -0.1) is 0 Å². The number of fused-ring (bicyclic) bond motifs is 1. The van der Waals surface area contributed by atoms with Crippen molar-refractivity contribution in [2.24, 2.45) is 0 Å². The molecule has 4 aromatic rings. The van der Waals surface area contributed by atoms with E-state index in [2.05, 4.69) is 14.9 Å². The Morgan fingerprint density at radius 1 is 0.857 bits per heavy atom. The first-order valence-corrected chi connectivity index (χ1v) is 13.0. The number of sulfonamides is 1. The van der Waals surface area contributed by atoms with Crippen molar-refractivity contribution in [3.63, 3.8) is 0 Å². The smallest absolute Gasteiger partial charge is 0.243 e. The highest BCUT2D eigenvalue weighted by atomic mass is 32.2. The second-order valence-corrected chi connectivity index (χ2v) is 10.6. The third kappa shape index (κ3) is 4.94. The predicted molar refractivity (Wildman–Crippen MR) is 136 cm³/mol. The molecule has 8 heteroatoms. The molecular weight excluding hydrogens is 460 g/mol. The van der Waals surface area contributed by atoms with Gasteiger partial charge in [-0.1, -0.05) is 42.5 Å². The second-order valence-electron chi connectivity index (χ2n) is 8.71. The molecule has 0 radical (unpaired) electrons. The summed E-state index contributed by atoms with van der Waals surface area (Å²) in [7, 11) is -3.55. The number of anilines is 1. The summed E-state index contributed by atoms with van der Waals surface area (Å²) in [5, 5.41) is 1.94. The number of carbonyl (C=O) groups is 1. The lowest BCUT2D eigenvalue weighted by molar-refractivity contribution is 0.0988. The van der Waals surface area contributed by atoms with E-state index < -0.39 is 10.0 Å². The molecule has 1 saturated heterocycles. The number of Topliss-reactive ketones (excluding diaryl/α,β-unsaturated/α-hetero) is 1. The van der Waals surface area contributed by atoms with Crippen LogP contribution in [0.15, 0.2) is 84.0 Å². The van der Waals surface area contributed by atoms with E-state index in [0.29, 0.717) is 36.8 Å². The van der Waals surface area contributed by atoms with Gasteiger partial charge in [0.2, 0.25) is 10.0 Å². The molecule has 1 aliphatic heterocycles. The van der Waals surface area contributed by atoms with Crippen molar-refractivity contribution in [3.05, 3.63) is 96.1 Å². The lowest BCUT2D eigenvalue weighted by Crippen LogP contribution is -2.48. The van der Waals surface area contributed by atoms with E-state index in [0.717, 1.165) is 27.7 Å². The lowest BCUT2D eigenvalue weighted by Gasteiger charge is -2.35. The van der Waals surface area contributed by atoms with Gasteiger partial charge in [0.05, 0.1) is 16.8 Å². The van der Waals surface area contributed by atoms with Crippen LogP contribution in [0.3, 0.4) is 0 Å². The third-order valence-electron chi connectivity index (χ3n) is 6.33. The van der Waals surface area contributed by atoms with Crippen LogP contribution in [0.2, 0.25) is 0 Å².